The number of nitrogens with one attached hydrogen (secondary N) is 1. The van der Waals surface area contributed by atoms with E-state index in [9.17, 15) is 4.79 Å². The third-order valence-electron chi connectivity index (χ3n) is 2.64. The zero-order valence-corrected chi connectivity index (χ0v) is 9.10. The van der Waals surface area contributed by atoms with Crippen LogP contribution in [0.25, 0.3) is 0 Å². The second kappa shape index (κ2) is 4.33. The van der Waals surface area contributed by atoms with Gasteiger partial charge in [0.2, 0.25) is 0 Å². The van der Waals surface area contributed by atoms with Gasteiger partial charge in [0, 0.05) is 5.75 Å². The van der Waals surface area contributed by atoms with Crippen LogP contribution in [0, 0.1) is 11.8 Å². The van der Waals surface area contributed by atoms with Crippen LogP contribution in [0.15, 0.2) is 0 Å². The van der Waals surface area contributed by atoms with Crippen LogP contribution in [0.1, 0.15) is 20.8 Å². The molecule has 2 unspecified atom stereocenters. The van der Waals surface area contributed by atoms with Crippen molar-refractivity contribution >= 4 is 17.7 Å². The van der Waals surface area contributed by atoms with Gasteiger partial charge in [-0.2, -0.15) is 0 Å². The Morgan fingerprint density at radius 2 is 2.15 bits per heavy atom. The smallest absolute Gasteiger partial charge is 0.321 e. The van der Waals surface area contributed by atoms with E-state index < -0.39 is 5.97 Å². The van der Waals surface area contributed by atoms with Crippen molar-refractivity contribution in [2.24, 2.45) is 11.8 Å². The summed E-state index contributed by atoms with van der Waals surface area (Å²) in [7, 11) is 0. The van der Waals surface area contributed by atoms with Crippen molar-refractivity contribution in [2.75, 3.05) is 5.75 Å². The summed E-state index contributed by atoms with van der Waals surface area (Å²) in [6.45, 7) is 6.50. The summed E-state index contributed by atoms with van der Waals surface area (Å²) >= 11 is 1.72. The van der Waals surface area contributed by atoms with Crippen LogP contribution in [0.3, 0.4) is 0 Å². The first-order valence-corrected chi connectivity index (χ1v) is 5.67. The maximum Gasteiger partial charge on any atom is 0.321 e. The average molecular weight is 203 g/mol. The number of hydrogen-bond donors (Lipinski definition) is 2. The third-order valence-corrected chi connectivity index (χ3v) is 4.09. The first-order chi connectivity index (χ1) is 6.02. The summed E-state index contributed by atoms with van der Waals surface area (Å²) in [5, 5.41) is 12.2. The number of thioether (sulfide) groups is 1. The van der Waals surface area contributed by atoms with Gasteiger partial charge in [0.05, 0.1) is 5.37 Å². The van der Waals surface area contributed by atoms with Crippen LogP contribution in [0.2, 0.25) is 0 Å². The molecule has 1 heterocycles. The van der Waals surface area contributed by atoms with Crippen molar-refractivity contribution in [3.05, 3.63) is 0 Å². The molecule has 0 aliphatic carbocycles. The fourth-order valence-corrected chi connectivity index (χ4v) is 2.81. The Morgan fingerprint density at radius 1 is 1.54 bits per heavy atom. The molecule has 4 heteroatoms. The highest BCUT2D eigenvalue weighted by atomic mass is 32.2. The number of carboxylic acid groups (broad SMARTS) is 1. The number of carbonyl (C=O) groups is 1. The lowest BCUT2D eigenvalue weighted by molar-refractivity contribution is -0.138. The maximum absolute atomic E-state index is 10.7. The van der Waals surface area contributed by atoms with E-state index in [2.05, 4.69) is 26.1 Å². The van der Waals surface area contributed by atoms with Crippen molar-refractivity contribution < 1.29 is 9.90 Å². The molecule has 0 aromatic heterocycles. The Labute approximate surface area is 83.3 Å². The highest BCUT2D eigenvalue weighted by Crippen LogP contribution is 2.29. The van der Waals surface area contributed by atoms with Gasteiger partial charge in [-0.05, 0) is 11.8 Å². The number of hydrogen-bond acceptors (Lipinski definition) is 3. The normalized spacial score (nSPS) is 30.8. The highest BCUT2D eigenvalue weighted by molar-refractivity contribution is 8.00. The van der Waals surface area contributed by atoms with Gasteiger partial charge in [0.25, 0.3) is 0 Å². The van der Waals surface area contributed by atoms with Gasteiger partial charge in [-0.3, -0.25) is 10.1 Å². The summed E-state index contributed by atoms with van der Waals surface area (Å²) in [6.07, 6.45) is 0. The van der Waals surface area contributed by atoms with Crippen molar-refractivity contribution in [3.63, 3.8) is 0 Å². The first kappa shape index (κ1) is 10.9. The van der Waals surface area contributed by atoms with E-state index in [1.165, 1.54) is 0 Å². The largest absolute Gasteiger partial charge is 0.480 e. The molecule has 0 spiro atoms. The molecule has 1 aliphatic heterocycles. The van der Waals surface area contributed by atoms with Gasteiger partial charge in [-0.15, -0.1) is 11.8 Å². The second-order valence-corrected chi connectivity index (χ2v) is 5.09. The predicted octanol–water partition coefficient (Wildman–Crippen LogP) is 1.39. The van der Waals surface area contributed by atoms with Crippen molar-refractivity contribution in [1.29, 1.82) is 0 Å². The van der Waals surface area contributed by atoms with Crippen LogP contribution in [-0.2, 0) is 4.79 Å². The Balaban J connectivity index is 2.45. The highest BCUT2D eigenvalue weighted by Gasteiger charge is 2.33. The van der Waals surface area contributed by atoms with E-state index in [0.717, 1.165) is 0 Å². The summed E-state index contributed by atoms with van der Waals surface area (Å²) in [5.41, 5.74) is 0. The second-order valence-electron chi connectivity index (χ2n) is 3.91. The molecule has 0 saturated carbocycles. The SMILES string of the molecule is CC(C)C(C)C1N[C@H](C(=O)O)CS1. The molecule has 0 aromatic rings. The molecular formula is C9H17NO2S. The lowest BCUT2D eigenvalue weighted by atomic mass is 9.98. The van der Waals surface area contributed by atoms with Crippen LogP contribution in [0.5, 0.6) is 0 Å². The van der Waals surface area contributed by atoms with E-state index in [4.69, 9.17) is 5.11 Å². The van der Waals surface area contributed by atoms with Gasteiger partial charge in [0.15, 0.2) is 0 Å². The lowest BCUT2D eigenvalue weighted by Crippen LogP contribution is -2.39. The Bertz CT molecular complexity index is 196. The Morgan fingerprint density at radius 3 is 2.54 bits per heavy atom. The zero-order chi connectivity index (χ0) is 10.0. The third kappa shape index (κ3) is 2.61. The van der Waals surface area contributed by atoms with Crippen LogP contribution in [0.4, 0.5) is 0 Å². The topological polar surface area (TPSA) is 49.3 Å². The van der Waals surface area contributed by atoms with E-state index >= 15 is 0 Å². The molecule has 1 fully saturated rings. The Kier molecular flexibility index (Phi) is 3.62. The molecule has 13 heavy (non-hydrogen) atoms. The predicted molar refractivity (Wildman–Crippen MR) is 54.8 cm³/mol. The fraction of sp³-hybridized carbons (Fsp3) is 0.889. The van der Waals surface area contributed by atoms with Gasteiger partial charge in [-0.1, -0.05) is 20.8 Å². The molecule has 1 saturated heterocycles. The summed E-state index contributed by atoms with van der Waals surface area (Å²) in [4.78, 5) is 10.7. The van der Waals surface area contributed by atoms with E-state index in [1.54, 1.807) is 11.8 Å². The number of aliphatic carboxylic acids is 1. The maximum atomic E-state index is 10.7. The molecule has 0 aromatic carbocycles. The van der Waals surface area contributed by atoms with E-state index in [1.807, 2.05) is 0 Å². The van der Waals surface area contributed by atoms with Crippen molar-refractivity contribution in [2.45, 2.75) is 32.2 Å². The van der Waals surface area contributed by atoms with Crippen LogP contribution >= 0.6 is 11.8 Å². The van der Waals surface area contributed by atoms with Crippen molar-refractivity contribution in [1.82, 2.24) is 5.32 Å². The minimum Gasteiger partial charge on any atom is -0.480 e. The molecule has 1 rings (SSSR count). The average Bonchev–Trinajstić information content (AvgIpc) is 2.50. The van der Waals surface area contributed by atoms with E-state index in [0.29, 0.717) is 23.0 Å². The number of carboxylic acids is 1. The quantitative estimate of drug-likeness (QED) is 0.728. The molecular weight excluding hydrogens is 186 g/mol. The van der Waals surface area contributed by atoms with Crippen molar-refractivity contribution in [3.8, 4) is 0 Å². The lowest BCUT2D eigenvalue weighted by Gasteiger charge is -2.22. The standard InChI is InChI=1S/C9H17NO2S/c1-5(2)6(3)8-10-7(4-13-8)9(11)12/h5-8,10H,4H2,1-3H3,(H,11,12)/t6?,7-,8?/m0/s1. The fourth-order valence-electron chi connectivity index (χ4n) is 1.29. The van der Waals surface area contributed by atoms with Gasteiger partial charge in [-0.25, -0.2) is 0 Å². The van der Waals surface area contributed by atoms with Crippen LogP contribution in [-0.4, -0.2) is 28.2 Å². The molecule has 0 amide bonds. The zero-order valence-electron chi connectivity index (χ0n) is 8.28. The Hall–Kier alpha value is -0.220. The van der Waals surface area contributed by atoms with E-state index in [-0.39, 0.29) is 6.04 Å². The minimum absolute atomic E-state index is 0.307. The molecule has 3 atom stereocenters. The minimum atomic E-state index is -0.731. The summed E-state index contributed by atoms with van der Waals surface area (Å²) < 4.78 is 0. The first-order valence-electron chi connectivity index (χ1n) is 4.63. The van der Waals surface area contributed by atoms with Gasteiger partial charge in [0.1, 0.15) is 6.04 Å². The monoisotopic (exact) mass is 203 g/mol. The van der Waals surface area contributed by atoms with Gasteiger partial charge < -0.3 is 5.11 Å². The molecule has 3 nitrogen and oxygen atoms in total. The summed E-state index contributed by atoms with van der Waals surface area (Å²) in [6, 6.07) is -0.351. The van der Waals surface area contributed by atoms with Crippen LogP contribution < -0.4 is 5.32 Å². The molecule has 1 aliphatic rings. The summed E-state index contributed by atoms with van der Waals surface area (Å²) in [5.74, 6) is 1.08. The molecule has 76 valence electrons. The molecule has 0 bridgehead atoms. The molecule has 0 radical (unpaired) electrons. The number of rotatable bonds is 3. The van der Waals surface area contributed by atoms with Gasteiger partial charge >= 0.3 is 5.97 Å². The molecule has 2 N–H and O–H groups in total.